The van der Waals surface area contributed by atoms with Crippen molar-refractivity contribution in [3.8, 4) is 11.5 Å². The number of anilines is 1. The number of carbonyl (C=O) groups excluding carboxylic acids is 2. The van der Waals surface area contributed by atoms with E-state index >= 15 is 0 Å². The zero-order chi connectivity index (χ0) is 20.0. The molecule has 0 heterocycles. The van der Waals surface area contributed by atoms with Gasteiger partial charge in [-0.2, -0.15) is 0 Å². The van der Waals surface area contributed by atoms with Crippen LogP contribution < -0.4 is 14.8 Å². The number of hydrogen-bond acceptors (Lipinski definition) is 5. The molecule has 0 radical (unpaired) electrons. The Balaban J connectivity index is 1.96. The number of ether oxygens (including phenoxy) is 3. The molecular formula is C19H19Cl2NO5. The molecule has 2 rings (SSSR count). The Morgan fingerprint density at radius 2 is 1.78 bits per heavy atom. The molecule has 0 fully saturated rings. The molecule has 27 heavy (non-hydrogen) atoms. The quantitative estimate of drug-likeness (QED) is 0.674. The summed E-state index contributed by atoms with van der Waals surface area (Å²) in [6.07, 6.45) is -0.0400. The molecule has 0 bridgehead atoms. The van der Waals surface area contributed by atoms with Crippen molar-refractivity contribution in [3.05, 3.63) is 52.0 Å². The molecule has 8 heteroatoms. The Hall–Kier alpha value is -2.44. The van der Waals surface area contributed by atoms with E-state index in [9.17, 15) is 9.59 Å². The van der Waals surface area contributed by atoms with E-state index in [4.69, 9.17) is 37.4 Å². The third kappa shape index (κ3) is 6.05. The monoisotopic (exact) mass is 411 g/mol. The third-order valence-corrected chi connectivity index (χ3v) is 4.04. The van der Waals surface area contributed by atoms with E-state index in [-0.39, 0.29) is 11.7 Å². The predicted octanol–water partition coefficient (Wildman–Crippen LogP) is 4.58. The van der Waals surface area contributed by atoms with E-state index in [1.54, 1.807) is 24.3 Å². The van der Waals surface area contributed by atoms with Crippen LogP contribution in [0.3, 0.4) is 0 Å². The standard InChI is InChI=1S/C19H19Cl2NO5/c1-11(2)27-16-7-4-12(8-17(16)25-3)19(24)26-10-18(23)22-13-5-6-14(20)15(21)9-13/h4-9,11H,10H2,1-3H3,(H,22,23). The summed E-state index contributed by atoms with van der Waals surface area (Å²) in [5.74, 6) is -0.248. The molecule has 0 aromatic heterocycles. The van der Waals surface area contributed by atoms with Crippen LogP contribution in [0.15, 0.2) is 36.4 Å². The zero-order valence-electron chi connectivity index (χ0n) is 15.0. The van der Waals surface area contributed by atoms with E-state index < -0.39 is 18.5 Å². The second kappa shape index (κ2) is 9.48. The van der Waals surface area contributed by atoms with Crippen LogP contribution >= 0.6 is 23.2 Å². The molecule has 6 nitrogen and oxygen atoms in total. The number of methoxy groups -OCH3 is 1. The Morgan fingerprint density at radius 1 is 1.04 bits per heavy atom. The van der Waals surface area contributed by atoms with Crippen molar-refractivity contribution in [2.45, 2.75) is 20.0 Å². The molecule has 0 aliphatic heterocycles. The first-order chi connectivity index (χ1) is 12.8. The lowest BCUT2D eigenvalue weighted by molar-refractivity contribution is -0.119. The summed E-state index contributed by atoms with van der Waals surface area (Å²) in [5.41, 5.74) is 0.688. The number of esters is 1. The van der Waals surface area contributed by atoms with E-state index in [1.165, 1.54) is 19.2 Å². The van der Waals surface area contributed by atoms with Gasteiger partial charge in [-0.25, -0.2) is 4.79 Å². The van der Waals surface area contributed by atoms with Gasteiger partial charge in [0.25, 0.3) is 5.91 Å². The fourth-order valence-electron chi connectivity index (χ4n) is 2.13. The van der Waals surface area contributed by atoms with E-state index in [0.717, 1.165) is 0 Å². The average molecular weight is 412 g/mol. The number of halogens is 2. The Bertz CT molecular complexity index is 839. The average Bonchev–Trinajstić information content (AvgIpc) is 2.62. The van der Waals surface area contributed by atoms with Crippen molar-refractivity contribution in [2.24, 2.45) is 0 Å². The minimum atomic E-state index is -0.659. The molecule has 0 aliphatic rings. The van der Waals surface area contributed by atoms with Gasteiger partial charge in [-0.15, -0.1) is 0 Å². The van der Waals surface area contributed by atoms with Crippen LogP contribution in [0.5, 0.6) is 11.5 Å². The molecule has 144 valence electrons. The van der Waals surface area contributed by atoms with Gasteiger partial charge in [0.1, 0.15) is 0 Å². The SMILES string of the molecule is COc1cc(C(=O)OCC(=O)Nc2ccc(Cl)c(Cl)c2)ccc1OC(C)C. The first-order valence-corrected chi connectivity index (χ1v) is 8.82. The number of rotatable bonds is 7. The molecule has 0 saturated carbocycles. The van der Waals surface area contributed by atoms with Crippen molar-refractivity contribution in [1.29, 1.82) is 0 Å². The van der Waals surface area contributed by atoms with Crippen LogP contribution in [-0.2, 0) is 9.53 Å². The molecular weight excluding hydrogens is 393 g/mol. The van der Waals surface area contributed by atoms with Crippen molar-refractivity contribution >= 4 is 40.8 Å². The number of nitrogens with one attached hydrogen (secondary N) is 1. The maximum Gasteiger partial charge on any atom is 0.338 e. The van der Waals surface area contributed by atoms with Crippen LogP contribution in [0.25, 0.3) is 0 Å². The topological polar surface area (TPSA) is 73.9 Å². The maximum absolute atomic E-state index is 12.2. The van der Waals surface area contributed by atoms with Gasteiger partial charge in [0.15, 0.2) is 18.1 Å². The van der Waals surface area contributed by atoms with Gasteiger partial charge in [0.2, 0.25) is 0 Å². The normalized spacial score (nSPS) is 10.4. The number of hydrogen-bond donors (Lipinski definition) is 1. The molecule has 1 N–H and O–H groups in total. The van der Waals surface area contributed by atoms with Crippen LogP contribution in [-0.4, -0.2) is 31.7 Å². The molecule has 1 amide bonds. The van der Waals surface area contributed by atoms with Crippen LogP contribution in [0.2, 0.25) is 10.0 Å². The van der Waals surface area contributed by atoms with Gasteiger partial charge in [0.05, 0.1) is 28.8 Å². The van der Waals surface area contributed by atoms with Gasteiger partial charge in [-0.05, 0) is 50.2 Å². The molecule has 0 spiro atoms. The Labute approximate surface area is 167 Å². The maximum atomic E-state index is 12.2. The second-order valence-corrected chi connectivity index (χ2v) is 6.60. The fraction of sp³-hybridized carbons (Fsp3) is 0.263. The van der Waals surface area contributed by atoms with E-state index in [1.807, 2.05) is 13.8 Å². The molecule has 0 atom stereocenters. The first-order valence-electron chi connectivity index (χ1n) is 8.07. The summed E-state index contributed by atoms with van der Waals surface area (Å²) < 4.78 is 15.8. The van der Waals surface area contributed by atoms with Gasteiger partial charge >= 0.3 is 5.97 Å². The van der Waals surface area contributed by atoms with Crippen molar-refractivity contribution in [1.82, 2.24) is 0 Å². The molecule has 0 saturated heterocycles. The highest BCUT2D eigenvalue weighted by molar-refractivity contribution is 6.42. The fourth-order valence-corrected chi connectivity index (χ4v) is 2.43. The molecule has 0 unspecified atom stereocenters. The lowest BCUT2D eigenvalue weighted by Gasteiger charge is -2.14. The first kappa shape index (κ1) is 20.9. The number of amides is 1. The van der Waals surface area contributed by atoms with Crippen molar-refractivity contribution < 1.29 is 23.8 Å². The summed E-state index contributed by atoms with van der Waals surface area (Å²) in [5, 5.41) is 3.25. The number of benzene rings is 2. The number of carbonyl (C=O) groups is 2. The van der Waals surface area contributed by atoms with Crippen molar-refractivity contribution in [2.75, 3.05) is 19.0 Å². The Kier molecular flexibility index (Phi) is 7.33. The minimum Gasteiger partial charge on any atom is -0.493 e. The van der Waals surface area contributed by atoms with Gasteiger partial charge in [-0.3, -0.25) is 4.79 Å². The highest BCUT2D eigenvalue weighted by Crippen LogP contribution is 2.29. The zero-order valence-corrected chi connectivity index (χ0v) is 16.6. The van der Waals surface area contributed by atoms with Gasteiger partial charge in [0, 0.05) is 5.69 Å². The minimum absolute atomic E-state index is 0.0400. The highest BCUT2D eigenvalue weighted by Gasteiger charge is 2.15. The van der Waals surface area contributed by atoms with Crippen LogP contribution in [0, 0.1) is 0 Å². The predicted molar refractivity (Wildman–Crippen MR) is 104 cm³/mol. The molecule has 2 aromatic carbocycles. The summed E-state index contributed by atoms with van der Waals surface area (Å²) in [6.45, 7) is 3.31. The van der Waals surface area contributed by atoms with Gasteiger partial charge < -0.3 is 19.5 Å². The Morgan fingerprint density at radius 3 is 2.41 bits per heavy atom. The van der Waals surface area contributed by atoms with Crippen LogP contribution in [0.1, 0.15) is 24.2 Å². The van der Waals surface area contributed by atoms with Gasteiger partial charge in [-0.1, -0.05) is 23.2 Å². The van der Waals surface area contributed by atoms with E-state index in [0.29, 0.717) is 27.2 Å². The summed E-state index contributed by atoms with van der Waals surface area (Å²) in [6, 6.07) is 9.30. The highest BCUT2D eigenvalue weighted by atomic mass is 35.5. The lowest BCUT2D eigenvalue weighted by Crippen LogP contribution is -2.21. The summed E-state index contributed by atoms with van der Waals surface area (Å²) in [4.78, 5) is 24.1. The third-order valence-electron chi connectivity index (χ3n) is 3.30. The second-order valence-electron chi connectivity index (χ2n) is 5.79. The van der Waals surface area contributed by atoms with E-state index in [2.05, 4.69) is 5.32 Å². The largest absolute Gasteiger partial charge is 0.493 e. The van der Waals surface area contributed by atoms with Crippen molar-refractivity contribution in [3.63, 3.8) is 0 Å². The summed E-state index contributed by atoms with van der Waals surface area (Å²) >= 11 is 11.7. The van der Waals surface area contributed by atoms with Crippen LogP contribution in [0.4, 0.5) is 5.69 Å². The molecule has 2 aromatic rings. The molecule has 0 aliphatic carbocycles. The lowest BCUT2D eigenvalue weighted by atomic mass is 10.2. The smallest absolute Gasteiger partial charge is 0.338 e. The summed E-state index contributed by atoms with van der Waals surface area (Å²) in [7, 11) is 1.47.